The number of hydrogen-bond donors (Lipinski definition) is 1. The zero-order chi connectivity index (χ0) is 13.2. The first kappa shape index (κ1) is 13.8. The highest BCUT2D eigenvalue weighted by molar-refractivity contribution is 5.06. The Morgan fingerprint density at radius 2 is 2.28 bits per heavy atom. The summed E-state index contributed by atoms with van der Waals surface area (Å²) in [6, 6.07) is 3.80. The Labute approximate surface area is 112 Å². The second kappa shape index (κ2) is 5.59. The van der Waals surface area contributed by atoms with E-state index in [4.69, 9.17) is 0 Å². The molecule has 1 N–H and O–H groups in total. The summed E-state index contributed by atoms with van der Waals surface area (Å²) in [7, 11) is 0. The maximum absolute atomic E-state index is 9.40. The average Bonchev–Trinajstić information content (AvgIpc) is 2.98. The van der Waals surface area contributed by atoms with Crippen molar-refractivity contribution < 1.29 is 0 Å². The van der Waals surface area contributed by atoms with Gasteiger partial charge in [0.15, 0.2) is 0 Å². The fourth-order valence-electron chi connectivity index (χ4n) is 3.77. The van der Waals surface area contributed by atoms with Crippen molar-refractivity contribution in [3.63, 3.8) is 0 Å². The minimum absolute atomic E-state index is 0.364. The predicted molar refractivity (Wildman–Crippen MR) is 74.2 cm³/mol. The molecule has 0 amide bonds. The number of hydrogen-bond acceptors (Lipinski definition) is 3. The van der Waals surface area contributed by atoms with Crippen molar-refractivity contribution in [3.05, 3.63) is 0 Å². The van der Waals surface area contributed by atoms with E-state index >= 15 is 0 Å². The quantitative estimate of drug-likeness (QED) is 0.786. The van der Waals surface area contributed by atoms with Gasteiger partial charge in [0.2, 0.25) is 0 Å². The number of fused-ring (bicyclic) bond motifs is 2. The lowest BCUT2D eigenvalue weighted by atomic mass is 9.93. The van der Waals surface area contributed by atoms with Crippen LogP contribution in [-0.4, -0.2) is 35.6 Å². The lowest BCUT2D eigenvalue weighted by molar-refractivity contribution is 0.136. The normalized spacial score (nSPS) is 32.1. The first-order valence-corrected chi connectivity index (χ1v) is 7.50. The van der Waals surface area contributed by atoms with Crippen molar-refractivity contribution in [2.45, 2.75) is 70.5 Å². The monoisotopic (exact) mass is 249 g/mol. The van der Waals surface area contributed by atoms with Gasteiger partial charge in [-0.15, -0.1) is 0 Å². The van der Waals surface area contributed by atoms with Crippen molar-refractivity contribution in [1.29, 1.82) is 5.26 Å². The molecule has 2 aliphatic rings. The Balaban J connectivity index is 1.89. The van der Waals surface area contributed by atoms with E-state index in [-0.39, 0.29) is 5.54 Å². The van der Waals surface area contributed by atoms with Gasteiger partial charge in [0.1, 0.15) is 5.54 Å². The molecule has 0 aromatic heterocycles. The molecule has 18 heavy (non-hydrogen) atoms. The summed E-state index contributed by atoms with van der Waals surface area (Å²) in [6.45, 7) is 8.69. The van der Waals surface area contributed by atoms with E-state index in [2.05, 4.69) is 30.1 Å². The summed E-state index contributed by atoms with van der Waals surface area (Å²) >= 11 is 0. The SMILES string of the molecule is CCCNC(C)(C#N)CC(C)N1CC2CCC1C2. The van der Waals surface area contributed by atoms with Gasteiger partial charge in [-0.25, -0.2) is 0 Å². The molecule has 2 bridgehead atoms. The van der Waals surface area contributed by atoms with E-state index < -0.39 is 0 Å². The van der Waals surface area contributed by atoms with E-state index in [1.807, 2.05) is 6.92 Å². The molecule has 0 spiro atoms. The topological polar surface area (TPSA) is 39.1 Å². The fourth-order valence-corrected chi connectivity index (χ4v) is 3.77. The Hall–Kier alpha value is -0.590. The summed E-state index contributed by atoms with van der Waals surface area (Å²) in [4.78, 5) is 2.65. The zero-order valence-corrected chi connectivity index (χ0v) is 12.1. The summed E-state index contributed by atoms with van der Waals surface area (Å²) in [6.07, 6.45) is 6.22. The number of rotatable bonds is 6. The van der Waals surface area contributed by atoms with Gasteiger partial charge in [0.05, 0.1) is 6.07 Å². The highest BCUT2D eigenvalue weighted by Gasteiger charge is 2.41. The Kier molecular flexibility index (Phi) is 4.29. The van der Waals surface area contributed by atoms with Crippen LogP contribution in [0.3, 0.4) is 0 Å². The summed E-state index contributed by atoms with van der Waals surface area (Å²) in [5.74, 6) is 0.939. The number of nitrogens with one attached hydrogen (secondary N) is 1. The fraction of sp³-hybridized carbons (Fsp3) is 0.933. The molecule has 4 atom stereocenters. The minimum Gasteiger partial charge on any atom is -0.300 e. The van der Waals surface area contributed by atoms with Crippen LogP contribution < -0.4 is 5.32 Å². The van der Waals surface area contributed by atoms with Crippen molar-refractivity contribution >= 4 is 0 Å². The lowest BCUT2D eigenvalue weighted by Gasteiger charge is -2.36. The molecular weight excluding hydrogens is 222 g/mol. The van der Waals surface area contributed by atoms with Crippen LogP contribution in [0, 0.1) is 17.2 Å². The third-order valence-corrected chi connectivity index (χ3v) is 4.73. The maximum Gasteiger partial charge on any atom is 0.105 e. The molecule has 102 valence electrons. The van der Waals surface area contributed by atoms with Gasteiger partial charge in [-0.2, -0.15) is 5.26 Å². The van der Waals surface area contributed by atoms with Gasteiger partial charge >= 0.3 is 0 Å². The van der Waals surface area contributed by atoms with E-state index in [1.54, 1.807) is 0 Å². The molecule has 0 aromatic rings. The molecule has 1 aliphatic heterocycles. The van der Waals surface area contributed by atoms with Crippen LogP contribution in [0.25, 0.3) is 0 Å². The summed E-state index contributed by atoms with van der Waals surface area (Å²) in [5.41, 5.74) is -0.364. The Bertz CT molecular complexity index is 322. The van der Waals surface area contributed by atoms with E-state index in [0.717, 1.165) is 31.3 Å². The van der Waals surface area contributed by atoms with Crippen LogP contribution >= 0.6 is 0 Å². The largest absolute Gasteiger partial charge is 0.300 e. The van der Waals surface area contributed by atoms with Crippen molar-refractivity contribution in [2.24, 2.45) is 5.92 Å². The molecule has 1 saturated carbocycles. The first-order chi connectivity index (χ1) is 8.58. The van der Waals surface area contributed by atoms with Crippen molar-refractivity contribution in [3.8, 4) is 6.07 Å². The molecule has 0 aromatic carbocycles. The smallest absolute Gasteiger partial charge is 0.105 e. The Morgan fingerprint density at radius 3 is 2.78 bits per heavy atom. The molecular formula is C15H27N3. The van der Waals surface area contributed by atoms with E-state index in [1.165, 1.54) is 25.8 Å². The highest BCUT2D eigenvalue weighted by Crippen LogP contribution is 2.39. The van der Waals surface area contributed by atoms with Gasteiger partial charge in [-0.05, 0) is 58.4 Å². The lowest BCUT2D eigenvalue weighted by Crippen LogP contribution is -2.49. The van der Waals surface area contributed by atoms with E-state index in [9.17, 15) is 5.26 Å². The van der Waals surface area contributed by atoms with Gasteiger partial charge in [0, 0.05) is 18.6 Å². The van der Waals surface area contributed by atoms with Crippen molar-refractivity contribution in [2.75, 3.05) is 13.1 Å². The van der Waals surface area contributed by atoms with Gasteiger partial charge in [-0.1, -0.05) is 6.92 Å². The van der Waals surface area contributed by atoms with Crippen LogP contribution in [-0.2, 0) is 0 Å². The van der Waals surface area contributed by atoms with Gasteiger partial charge in [0.25, 0.3) is 0 Å². The predicted octanol–water partition coefficient (Wildman–Crippen LogP) is 2.53. The molecule has 4 unspecified atom stereocenters. The molecule has 0 radical (unpaired) electrons. The van der Waals surface area contributed by atoms with E-state index in [0.29, 0.717) is 6.04 Å². The summed E-state index contributed by atoms with van der Waals surface area (Å²) in [5, 5.41) is 12.8. The molecule has 3 nitrogen and oxygen atoms in total. The number of piperidine rings is 1. The third kappa shape index (κ3) is 2.87. The molecule has 2 rings (SSSR count). The minimum atomic E-state index is -0.364. The molecule has 2 fully saturated rings. The molecule has 3 heteroatoms. The number of nitrogens with zero attached hydrogens (tertiary/aromatic N) is 2. The molecule has 1 saturated heterocycles. The summed E-state index contributed by atoms with van der Waals surface area (Å²) < 4.78 is 0. The number of nitriles is 1. The second-order valence-corrected chi connectivity index (χ2v) is 6.45. The van der Waals surface area contributed by atoms with Crippen LogP contribution in [0.5, 0.6) is 0 Å². The maximum atomic E-state index is 9.40. The first-order valence-electron chi connectivity index (χ1n) is 7.50. The molecule has 1 heterocycles. The van der Waals surface area contributed by atoms with Crippen LogP contribution in [0.1, 0.15) is 52.9 Å². The standard InChI is InChI=1S/C15H27N3/c1-4-7-17-15(3,11-16)9-12(2)18-10-13-5-6-14(18)8-13/h12-14,17H,4-10H2,1-3H3. The van der Waals surface area contributed by atoms with Gasteiger partial charge in [-0.3, -0.25) is 10.2 Å². The highest BCUT2D eigenvalue weighted by atomic mass is 15.2. The molecule has 1 aliphatic carbocycles. The van der Waals surface area contributed by atoms with Crippen LogP contribution in [0.15, 0.2) is 0 Å². The third-order valence-electron chi connectivity index (χ3n) is 4.73. The van der Waals surface area contributed by atoms with Crippen molar-refractivity contribution in [1.82, 2.24) is 10.2 Å². The Morgan fingerprint density at radius 1 is 1.50 bits per heavy atom. The van der Waals surface area contributed by atoms with Gasteiger partial charge < -0.3 is 0 Å². The number of likely N-dealkylation sites (tertiary alicyclic amines) is 1. The zero-order valence-electron chi connectivity index (χ0n) is 12.1. The average molecular weight is 249 g/mol. The van der Waals surface area contributed by atoms with Crippen LogP contribution in [0.4, 0.5) is 0 Å². The second-order valence-electron chi connectivity index (χ2n) is 6.45. The van der Waals surface area contributed by atoms with Crippen LogP contribution in [0.2, 0.25) is 0 Å².